The molecule has 0 saturated carbocycles. The van der Waals surface area contributed by atoms with Gasteiger partial charge < -0.3 is 10.8 Å². The van der Waals surface area contributed by atoms with Crippen LogP contribution in [0.25, 0.3) is 0 Å². The van der Waals surface area contributed by atoms with E-state index in [-0.39, 0.29) is 6.54 Å². The molecule has 2 heteroatoms. The first-order valence-electron chi connectivity index (χ1n) is 4.89. The van der Waals surface area contributed by atoms with Crippen LogP contribution in [0.15, 0.2) is 11.8 Å². The topological polar surface area (TPSA) is 46.2 Å². The predicted octanol–water partition coefficient (Wildman–Crippen LogP) is 2.75. The monoisotopic (exact) mass is 171 g/mol. The van der Waals surface area contributed by atoms with Crippen LogP contribution in [0.1, 0.15) is 45.4 Å². The van der Waals surface area contributed by atoms with Crippen LogP contribution in [-0.4, -0.2) is 11.7 Å². The van der Waals surface area contributed by atoms with Crippen molar-refractivity contribution in [1.29, 1.82) is 0 Å². The van der Waals surface area contributed by atoms with E-state index in [0.29, 0.717) is 5.76 Å². The molecule has 0 aliphatic carbocycles. The van der Waals surface area contributed by atoms with Crippen molar-refractivity contribution in [3.8, 4) is 0 Å². The number of aliphatic hydroxyl groups excluding tert-OH is 1. The summed E-state index contributed by atoms with van der Waals surface area (Å²) in [7, 11) is 0. The molecule has 0 bridgehead atoms. The second-order valence-electron chi connectivity index (χ2n) is 3.10. The normalized spacial score (nSPS) is 12.0. The molecule has 0 fully saturated rings. The standard InChI is InChI=1S/C10H21NO/c1-2-3-4-5-6-7-8-10(12)9-11/h8,12H,2-7,9,11H2,1H3/b10-8-. The van der Waals surface area contributed by atoms with E-state index in [1.54, 1.807) is 0 Å². The van der Waals surface area contributed by atoms with Gasteiger partial charge in [-0.05, 0) is 18.9 Å². The molecule has 12 heavy (non-hydrogen) atoms. The molecule has 0 atom stereocenters. The summed E-state index contributed by atoms with van der Waals surface area (Å²) in [5.74, 6) is 0.325. The summed E-state index contributed by atoms with van der Waals surface area (Å²) in [5, 5.41) is 9.00. The van der Waals surface area contributed by atoms with E-state index in [2.05, 4.69) is 6.92 Å². The average molecular weight is 171 g/mol. The van der Waals surface area contributed by atoms with Gasteiger partial charge in [-0.15, -0.1) is 0 Å². The zero-order valence-corrected chi connectivity index (χ0v) is 8.05. The third-order valence-corrected chi connectivity index (χ3v) is 1.90. The smallest absolute Gasteiger partial charge is 0.102 e. The van der Waals surface area contributed by atoms with Crippen LogP contribution in [-0.2, 0) is 0 Å². The first-order valence-corrected chi connectivity index (χ1v) is 4.89. The Morgan fingerprint density at radius 2 is 1.92 bits per heavy atom. The van der Waals surface area contributed by atoms with E-state index < -0.39 is 0 Å². The summed E-state index contributed by atoms with van der Waals surface area (Å²) in [6, 6.07) is 0. The van der Waals surface area contributed by atoms with E-state index in [1.165, 1.54) is 32.1 Å². The number of aliphatic hydroxyl groups is 1. The van der Waals surface area contributed by atoms with Gasteiger partial charge in [-0.25, -0.2) is 0 Å². The van der Waals surface area contributed by atoms with Crippen LogP contribution in [0.3, 0.4) is 0 Å². The zero-order chi connectivity index (χ0) is 9.23. The molecule has 3 N–H and O–H groups in total. The molecule has 0 aliphatic heterocycles. The molecule has 72 valence electrons. The van der Waals surface area contributed by atoms with Gasteiger partial charge >= 0.3 is 0 Å². The Labute approximate surface area is 75.5 Å². The highest BCUT2D eigenvalue weighted by molar-refractivity contribution is 4.91. The minimum Gasteiger partial charge on any atom is -0.511 e. The van der Waals surface area contributed by atoms with Crippen LogP contribution in [0.4, 0.5) is 0 Å². The minimum atomic E-state index is 0.273. The van der Waals surface area contributed by atoms with Gasteiger partial charge in [0, 0.05) is 0 Å². The highest BCUT2D eigenvalue weighted by Gasteiger charge is 1.89. The van der Waals surface area contributed by atoms with Gasteiger partial charge in [-0.1, -0.05) is 32.6 Å². The molecule has 0 radical (unpaired) electrons. The lowest BCUT2D eigenvalue weighted by atomic mass is 10.1. The highest BCUT2D eigenvalue weighted by Crippen LogP contribution is 2.05. The van der Waals surface area contributed by atoms with E-state index in [0.717, 1.165) is 6.42 Å². The van der Waals surface area contributed by atoms with Crippen LogP contribution in [0.2, 0.25) is 0 Å². The Bertz CT molecular complexity index is 121. The van der Waals surface area contributed by atoms with Crippen molar-refractivity contribution in [2.24, 2.45) is 5.73 Å². The Morgan fingerprint density at radius 1 is 1.25 bits per heavy atom. The maximum atomic E-state index is 9.00. The summed E-state index contributed by atoms with van der Waals surface area (Å²) >= 11 is 0. The molecule has 0 rings (SSSR count). The summed E-state index contributed by atoms with van der Waals surface area (Å²) in [4.78, 5) is 0. The van der Waals surface area contributed by atoms with E-state index in [9.17, 15) is 0 Å². The molecule has 2 nitrogen and oxygen atoms in total. The Morgan fingerprint density at radius 3 is 2.50 bits per heavy atom. The molecule has 0 amide bonds. The van der Waals surface area contributed by atoms with E-state index in [4.69, 9.17) is 10.8 Å². The van der Waals surface area contributed by atoms with Crippen LogP contribution in [0.5, 0.6) is 0 Å². The SMILES string of the molecule is CCCCCCC/C=C(\O)CN. The largest absolute Gasteiger partial charge is 0.511 e. The summed E-state index contributed by atoms with van der Waals surface area (Å²) < 4.78 is 0. The fourth-order valence-corrected chi connectivity index (χ4v) is 1.10. The number of hydrogen-bond donors (Lipinski definition) is 2. The van der Waals surface area contributed by atoms with Crippen molar-refractivity contribution in [3.05, 3.63) is 11.8 Å². The van der Waals surface area contributed by atoms with Gasteiger partial charge in [0.2, 0.25) is 0 Å². The lowest BCUT2D eigenvalue weighted by molar-refractivity contribution is 0.400. The summed E-state index contributed by atoms with van der Waals surface area (Å²) in [6.07, 6.45) is 9.15. The molecule has 0 spiro atoms. The maximum Gasteiger partial charge on any atom is 0.102 e. The number of unbranched alkanes of at least 4 members (excludes halogenated alkanes) is 5. The van der Waals surface area contributed by atoms with Crippen molar-refractivity contribution in [2.45, 2.75) is 45.4 Å². The second kappa shape index (κ2) is 8.60. The number of hydrogen-bond acceptors (Lipinski definition) is 2. The van der Waals surface area contributed by atoms with Crippen LogP contribution < -0.4 is 5.73 Å². The lowest BCUT2D eigenvalue weighted by Gasteiger charge is -1.97. The number of rotatable bonds is 7. The summed E-state index contributed by atoms with van der Waals surface area (Å²) in [6.45, 7) is 2.48. The molecular weight excluding hydrogens is 150 g/mol. The second-order valence-corrected chi connectivity index (χ2v) is 3.10. The maximum absolute atomic E-state index is 9.00. The fourth-order valence-electron chi connectivity index (χ4n) is 1.10. The molecule has 0 aromatic carbocycles. The van der Waals surface area contributed by atoms with Crippen molar-refractivity contribution in [3.63, 3.8) is 0 Å². The fraction of sp³-hybridized carbons (Fsp3) is 0.800. The first kappa shape index (κ1) is 11.5. The molecule has 0 saturated heterocycles. The third kappa shape index (κ3) is 7.61. The number of allylic oxidation sites excluding steroid dienone is 1. The van der Waals surface area contributed by atoms with Gasteiger partial charge in [0.15, 0.2) is 0 Å². The van der Waals surface area contributed by atoms with Gasteiger partial charge in [0.05, 0.1) is 6.54 Å². The van der Waals surface area contributed by atoms with Crippen molar-refractivity contribution >= 4 is 0 Å². The van der Waals surface area contributed by atoms with E-state index in [1.807, 2.05) is 6.08 Å². The molecule has 0 aliphatic rings. The molecular formula is C10H21NO. The van der Waals surface area contributed by atoms with Gasteiger partial charge in [-0.3, -0.25) is 0 Å². The average Bonchev–Trinajstić information content (AvgIpc) is 2.10. The van der Waals surface area contributed by atoms with Crippen molar-refractivity contribution in [1.82, 2.24) is 0 Å². The summed E-state index contributed by atoms with van der Waals surface area (Å²) in [5.41, 5.74) is 5.22. The minimum absolute atomic E-state index is 0.273. The van der Waals surface area contributed by atoms with Crippen LogP contribution >= 0.6 is 0 Å². The van der Waals surface area contributed by atoms with Crippen LogP contribution in [0, 0.1) is 0 Å². The quantitative estimate of drug-likeness (QED) is 0.457. The van der Waals surface area contributed by atoms with E-state index >= 15 is 0 Å². The Balaban J connectivity index is 3.10. The molecule has 0 heterocycles. The van der Waals surface area contributed by atoms with Crippen molar-refractivity contribution < 1.29 is 5.11 Å². The van der Waals surface area contributed by atoms with Gasteiger partial charge in [0.25, 0.3) is 0 Å². The Kier molecular flexibility index (Phi) is 8.24. The molecule has 0 unspecified atom stereocenters. The predicted molar refractivity (Wildman–Crippen MR) is 53.1 cm³/mol. The van der Waals surface area contributed by atoms with Gasteiger partial charge in [0.1, 0.15) is 5.76 Å². The van der Waals surface area contributed by atoms with Crippen molar-refractivity contribution in [2.75, 3.05) is 6.54 Å². The molecule has 0 aromatic rings. The molecule has 0 aromatic heterocycles. The van der Waals surface area contributed by atoms with Gasteiger partial charge in [-0.2, -0.15) is 0 Å². The highest BCUT2D eigenvalue weighted by atomic mass is 16.3. The first-order chi connectivity index (χ1) is 5.81. The zero-order valence-electron chi connectivity index (χ0n) is 8.05. The number of nitrogens with two attached hydrogens (primary N) is 1. The third-order valence-electron chi connectivity index (χ3n) is 1.90. The Hall–Kier alpha value is -0.500. The lowest BCUT2D eigenvalue weighted by Crippen LogP contribution is -2.01.